The van der Waals surface area contributed by atoms with Gasteiger partial charge >= 0.3 is 0 Å². The van der Waals surface area contributed by atoms with Gasteiger partial charge in [-0.15, -0.1) is 5.10 Å². The van der Waals surface area contributed by atoms with Crippen molar-refractivity contribution in [3.63, 3.8) is 0 Å². The molecule has 2 N–H and O–H groups in total. The number of pyridine rings is 1. The van der Waals surface area contributed by atoms with Gasteiger partial charge < -0.3 is 15.2 Å². The molecule has 1 unspecified atom stereocenters. The van der Waals surface area contributed by atoms with E-state index in [1.807, 2.05) is 37.5 Å². The normalized spacial score (nSPS) is 12.4. The Kier molecular flexibility index (Phi) is 6.18. The van der Waals surface area contributed by atoms with Gasteiger partial charge in [-0.3, -0.25) is 4.79 Å². The zero-order valence-corrected chi connectivity index (χ0v) is 20.8. The molecule has 0 aliphatic heterocycles. The third-order valence-electron chi connectivity index (χ3n) is 6.28. The van der Waals surface area contributed by atoms with Crippen LogP contribution >= 0.6 is 0 Å². The predicted molar refractivity (Wildman–Crippen MR) is 141 cm³/mol. The monoisotopic (exact) mass is 484 g/mol. The molecule has 0 bridgehead atoms. The highest BCUT2D eigenvalue weighted by Crippen LogP contribution is 2.30. The molecule has 0 aliphatic carbocycles. The highest BCUT2D eigenvalue weighted by atomic mass is 19.1. The van der Waals surface area contributed by atoms with Crippen molar-refractivity contribution in [3.05, 3.63) is 83.9 Å². The van der Waals surface area contributed by atoms with Crippen molar-refractivity contribution in [3.8, 4) is 11.1 Å². The van der Waals surface area contributed by atoms with Crippen molar-refractivity contribution >= 4 is 28.4 Å². The van der Waals surface area contributed by atoms with Gasteiger partial charge in [0.25, 0.3) is 5.91 Å². The number of halogens is 1. The van der Waals surface area contributed by atoms with Crippen LogP contribution in [0.1, 0.15) is 42.7 Å². The van der Waals surface area contributed by atoms with E-state index in [2.05, 4.69) is 57.3 Å². The number of benzene rings is 2. The van der Waals surface area contributed by atoms with E-state index >= 15 is 0 Å². The van der Waals surface area contributed by atoms with Crippen LogP contribution in [0.4, 0.5) is 10.3 Å². The van der Waals surface area contributed by atoms with Gasteiger partial charge in [0.1, 0.15) is 5.82 Å². The number of carbonyl (C=O) groups excluding carboxylic acids is 1. The number of fused-ring (bicyclic) bond motifs is 2. The van der Waals surface area contributed by atoms with Crippen LogP contribution in [-0.2, 0) is 6.54 Å². The Morgan fingerprint density at radius 1 is 1.06 bits per heavy atom. The van der Waals surface area contributed by atoms with E-state index in [4.69, 9.17) is 0 Å². The Balaban J connectivity index is 1.54. The largest absolute Gasteiger partial charge is 0.356 e. The summed E-state index contributed by atoms with van der Waals surface area (Å²) in [6, 6.07) is 16.1. The quantitative estimate of drug-likeness (QED) is 0.312. The van der Waals surface area contributed by atoms with E-state index in [9.17, 15) is 9.18 Å². The maximum absolute atomic E-state index is 13.7. The lowest BCUT2D eigenvalue weighted by molar-refractivity contribution is 0.0941. The van der Waals surface area contributed by atoms with Crippen LogP contribution in [0.3, 0.4) is 0 Å². The highest BCUT2D eigenvalue weighted by molar-refractivity contribution is 6.08. The van der Waals surface area contributed by atoms with Crippen LogP contribution < -0.4 is 10.6 Å². The highest BCUT2D eigenvalue weighted by Gasteiger charge is 2.19. The number of rotatable bonds is 7. The molecular weight excluding hydrogens is 455 g/mol. The Morgan fingerprint density at radius 3 is 2.61 bits per heavy atom. The van der Waals surface area contributed by atoms with Gasteiger partial charge in [0.15, 0.2) is 5.65 Å². The molecule has 184 valence electrons. The summed E-state index contributed by atoms with van der Waals surface area (Å²) in [6.07, 6.45) is 3.80. The van der Waals surface area contributed by atoms with Crippen molar-refractivity contribution in [1.29, 1.82) is 0 Å². The third-order valence-corrected chi connectivity index (χ3v) is 6.28. The SMILES string of the molecule is CNc1nc2cc(-c3ccc4c(c3)c(C(=O)NC(C)c3cccc(F)c3)cn4CC(C)C)ccn2n1. The van der Waals surface area contributed by atoms with Crippen molar-refractivity contribution in [2.24, 2.45) is 5.92 Å². The molecule has 3 aromatic heterocycles. The lowest BCUT2D eigenvalue weighted by Crippen LogP contribution is -2.26. The second-order valence-corrected chi connectivity index (χ2v) is 9.47. The number of hydrogen-bond donors (Lipinski definition) is 2. The van der Waals surface area contributed by atoms with E-state index < -0.39 is 0 Å². The number of nitrogens with zero attached hydrogens (tertiary/aromatic N) is 4. The summed E-state index contributed by atoms with van der Waals surface area (Å²) in [5.41, 5.74) is 5.01. The van der Waals surface area contributed by atoms with E-state index in [-0.39, 0.29) is 17.8 Å². The van der Waals surface area contributed by atoms with Crippen LogP contribution in [0.25, 0.3) is 27.7 Å². The van der Waals surface area contributed by atoms with Gasteiger partial charge in [0.05, 0.1) is 11.6 Å². The third kappa shape index (κ3) is 4.54. The number of aromatic nitrogens is 4. The molecular formula is C28H29FN6O. The van der Waals surface area contributed by atoms with Gasteiger partial charge in [0, 0.05) is 36.9 Å². The second kappa shape index (κ2) is 9.45. The molecule has 8 heteroatoms. The molecule has 0 saturated heterocycles. The molecule has 7 nitrogen and oxygen atoms in total. The minimum Gasteiger partial charge on any atom is -0.356 e. The first-order valence-corrected chi connectivity index (χ1v) is 12.1. The molecule has 0 radical (unpaired) electrons. The Hall–Kier alpha value is -4.20. The maximum atomic E-state index is 13.7. The molecule has 0 saturated carbocycles. The van der Waals surface area contributed by atoms with E-state index in [0.717, 1.165) is 39.8 Å². The summed E-state index contributed by atoms with van der Waals surface area (Å²) in [7, 11) is 1.78. The Bertz CT molecular complexity index is 1570. The smallest absolute Gasteiger partial charge is 0.253 e. The van der Waals surface area contributed by atoms with Crippen molar-refractivity contribution in [1.82, 2.24) is 24.5 Å². The van der Waals surface area contributed by atoms with Crippen molar-refractivity contribution in [2.75, 3.05) is 12.4 Å². The zero-order chi connectivity index (χ0) is 25.4. The summed E-state index contributed by atoms with van der Waals surface area (Å²) < 4.78 is 17.6. The van der Waals surface area contributed by atoms with Crippen LogP contribution in [0.15, 0.2) is 67.0 Å². The maximum Gasteiger partial charge on any atom is 0.253 e. The first-order valence-electron chi connectivity index (χ1n) is 12.1. The number of carbonyl (C=O) groups is 1. The molecule has 1 atom stereocenters. The molecule has 36 heavy (non-hydrogen) atoms. The lowest BCUT2D eigenvalue weighted by Gasteiger charge is -2.14. The molecule has 5 rings (SSSR count). The van der Waals surface area contributed by atoms with E-state index in [1.165, 1.54) is 12.1 Å². The average Bonchev–Trinajstić information content (AvgIpc) is 3.44. The molecule has 0 aliphatic rings. The fourth-order valence-corrected chi connectivity index (χ4v) is 4.50. The zero-order valence-electron chi connectivity index (χ0n) is 20.8. The first-order chi connectivity index (χ1) is 17.3. The van der Waals surface area contributed by atoms with Gasteiger partial charge in [-0.25, -0.2) is 8.91 Å². The predicted octanol–water partition coefficient (Wildman–Crippen LogP) is 5.68. The Labute approximate surface area is 209 Å². The van der Waals surface area contributed by atoms with Crippen molar-refractivity contribution in [2.45, 2.75) is 33.4 Å². The van der Waals surface area contributed by atoms with E-state index in [1.54, 1.807) is 17.6 Å². The van der Waals surface area contributed by atoms with Gasteiger partial charge in [0.2, 0.25) is 5.95 Å². The first kappa shape index (κ1) is 23.5. The van der Waals surface area contributed by atoms with Crippen LogP contribution in [0.2, 0.25) is 0 Å². The minimum absolute atomic E-state index is 0.192. The minimum atomic E-state index is -0.336. The molecule has 1 amide bonds. The summed E-state index contributed by atoms with van der Waals surface area (Å²) in [5, 5.41) is 11.2. The topological polar surface area (TPSA) is 76.2 Å². The van der Waals surface area contributed by atoms with Crippen LogP contribution in [-0.4, -0.2) is 32.1 Å². The molecule has 5 aromatic rings. The summed E-state index contributed by atoms with van der Waals surface area (Å²) >= 11 is 0. The molecule has 3 heterocycles. The Morgan fingerprint density at radius 2 is 1.86 bits per heavy atom. The fourth-order valence-electron chi connectivity index (χ4n) is 4.50. The van der Waals surface area contributed by atoms with Gasteiger partial charge in [-0.1, -0.05) is 32.0 Å². The number of hydrogen-bond acceptors (Lipinski definition) is 4. The summed E-state index contributed by atoms with van der Waals surface area (Å²) in [5.74, 6) is 0.458. The lowest BCUT2D eigenvalue weighted by atomic mass is 10.0. The van der Waals surface area contributed by atoms with Crippen molar-refractivity contribution < 1.29 is 9.18 Å². The number of anilines is 1. The molecule has 2 aromatic carbocycles. The standard InChI is InChI=1S/C28H29FN6O/c1-17(2)15-34-16-24(27(36)31-18(3)19-6-5-7-22(29)12-19)23-13-20(8-9-25(23)34)21-10-11-35-26(14-21)32-28(30-4)33-35/h5-14,16-18H,15H2,1-4H3,(H,30,33)(H,31,36). The van der Waals surface area contributed by atoms with Gasteiger partial charge in [-0.05, 0) is 65.9 Å². The average molecular weight is 485 g/mol. The summed E-state index contributed by atoms with van der Waals surface area (Å²) in [4.78, 5) is 17.9. The summed E-state index contributed by atoms with van der Waals surface area (Å²) in [6.45, 7) is 6.96. The number of amides is 1. The molecule has 0 spiro atoms. The van der Waals surface area contributed by atoms with Crippen LogP contribution in [0, 0.1) is 11.7 Å². The van der Waals surface area contributed by atoms with Crippen LogP contribution in [0.5, 0.6) is 0 Å². The molecule has 0 fully saturated rings. The van der Waals surface area contributed by atoms with Gasteiger partial charge in [-0.2, -0.15) is 4.98 Å². The second-order valence-electron chi connectivity index (χ2n) is 9.47. The van der Waals surface area contributed by atoms with E-state index in [0.29, 0.717) is 17.4 Å². The fraction of sp³-hybridized carbons (Fsp3) is 0.250. The number of nitrogens with one attached hydrogen (secondary N) is 2.